The number of hydrogen-bond acceptors (Lipinski definition) is 2. The fraction of sp³-hybridized carbons (Fsp3) is 0.625. The van der Waals surface area contributed by atoms with Crippen molar-refractivity contribution in [2.24, 2.45) is 0 Å². The predicted molar refractivity (Wildman–Crippen MR) is 78.1 cm³/mol. The highest BCUT2D eigenvalue weighted by atomic mass is 15.0. The van der Waals surface area contributed by atoms with E-state index >= 15 is 0 Å². The van der Waals surface area contributed by atoms with E-state index in [-0.39, 0.29) is 0 Å². The molecule has 0 aromatic heterocycles. The molecule has 1 aromatic carbocycles. The molecule has 1 aliphatic heterocycles. The quantitative estimate of drug-likeness (QED) is 0.853. The van der Waals surface area contributed by atoms with Gasteiger partial charge in [-0.3, -0.25) is 0 Å². The van der Waals surface area contributed by atoms with E-state index in [1.54, 1.807) is 0 Å². The summed E-state index contributed by atoms with van der Waals surface area (Å²) < 4.78 is 0. The first-order valence-electron chi connectivity index (χ1n) is 7.10. The Bertz CT molecular complexity index is 383. The number of hydrogen-bond donors (Lipinski definition) is 2. The second kappa shape index (κ2) is 5.85. The molecule has 2 rings (SSSR count). The van der Waals surface area contributed by atoms with Crippen molar-refractivity contribution >= 4 is 0 Å². The average molecular weight is 246 g/mol. The van der Waals surface area contributed by atoms with Gasteiger partial charge in [-0.15, -0.1) is 0 Å². The summed E-state index contributed by atoms with van der Waals surface area (Å²) in [6.07, 6.45) is 3.84. The van der Waals surface area contributed by atoms with Crippen LogP contribution in [-0.2, 0) is 0 Å². The van der Waals surface area contributed by atoms with Crippen molar-refractivity contribution in [3.8, 4) is 0 Å². The normalized spacial score (nSPS) is 21.2. The van der Waals surface area contributed by atoms with E-state index in [4.69, 9.17) is 0 Å². The van der Waals surface area contributed by atoms with Gasteiger partial charge in [-0.25, -0.2) is 0 Å². The molecule has 0 bridgehead atoms. The Hall–Kier alpha value is -0.860. The van der Waals surface area contributed by atoms with Gasteiger partial charge >= 0.3 is 0 Å². The van der Waals surface area contributed by atoms with Crippen LogP contribution in [0, 0.1) is 20.8 Å². The zero-order chi connectivity index (χ0) is 13.1. The maximum Gasteiger partial charge on any atom is 0.0337 e. The van der Waals surface area contributed by atoms with E-state index < -0.39 is 0 Å². The molecule has 0 spiro atoms. The highest BCUT2D eigenvalue weighted by Crippen LogP contribution is 2.28. The summed E-state index contributed by atoms with van der Waals surface area (Å²) in [5.74, 6) is 0. The SMILES string of the molecule is CNC(CC1CCCN1)c1c(C)cc(C)cc1C. The Labute approximate surface area is 111 Å². The Morgan fingerprint density at radius 2 is 1.94 bits per heavy atom. The Balaban J connectivity index is 2.21. The zero-order valence-electron chi connectivity index (χ0n) is 12.1. The van der Waals surface area contributed by atoms with Crippen molar-refractivity contribution in [2.75, 3.05) is 13.6 Å². The molecule has 0 amide bonds. The van der Waals surface area contributed by atoms with Crippen LogP contribution in [0.5, 0.6) is 0 Å². The third-order valence-corrected chi connectivity index (χ3v) is 4.12. The summed E-state index contributed by atoms with van der Waals surface area (Å²) in [7, 11) is 2.08. The van der Waals surface area contributed by atoms with Crippen LogP contribution >= 0.6 is 0 Å². The van der Waals surface area contributed by atoms with E-state index in [9.17, 15) is 0 Å². The second-order valence-electron chi connectivity index (χ2n) is 5.68. The van der Waals surface area contributed by atoms with Crippen molar-refractivity contribution in [2.45, 2.75) is 52.1 Å². The maximum atomic E-state index is 3.60. The smallest absolute Gasteiger partial charge is 0.0337 e. The highest BCUT2D eigenvalue weighted by molar-refractivity contribution is 5.39. The lowest BCUT2D eigenvalue weighted by molar-refractivity contribution is 0.451. The van der Waals surface area contributed by atoms with E-state index in [0.717, 1.165) is 0 Å². The molecule has 1 heterocycles. The van der Waals surface area contributed by atoms with Crippen LogP contribution in [-0.4, -0.2) is 19.6 Å². The van der Waals surface area contributed by atoms with Gasteiger partial charge in [0, 0.05) is 12.1 Å². The maximum absolute atomic E-state index is 3.60. The molecule has 2 atom stereocenters. The molecule has 1 aromatic rings. The van der Waals surface area contributed by atoms with Crippen LogP contribution in [0.4, 0.5) is 0 Å². The molecule has 18 heavy (non-hydrogen) atoms. The zero-order valence-corrected chi connectivity index (χ0v) is 12.1. The van der Waals surface area contributed by atoms with Gasteiger partial charge in [0.05, 0.1) is 0 Å². The Kier molecular flexibility index (Phi) is 4.41. The third kappa shape index (κ3) is 2.93. The molecular formula is C16H26N2. The molecule has 2 N–H and O–H groups in total. The van der Waals surface area contributed by atoms with Gasteiger partial charge < -0.3 is 10.6 Å². The number of benzene rings is 1. The molecule has 1 fully saturated rings. The molecule has 0 aliphatic carbocycles. The Morgan fingerprint density at radius 1 is 1.28 bits per heavy atom. The minimum Gasteiger partial charge on any atom is -0.314 e. The standard InChI is InChI=1S/C16H26N2/c1-11-8-12(2)16(13(3)9-11)15(17-4)10-14-6-5-7-18-14/h8-9,14-15,17-18H,5-7,10H2,1-4H3. The van der Waals surface area contributed by atoms with E-state index in [1.807, 2.05) is 0 Å². The molecular weight excluding hydrogens is 220 g/mol. The number of aryl methyl sites for hydroxylation is 3. The molecule has 1 saturated heterocycles. The van der Waals surface area contributed by atoms with Gasteiger partial charge in [0.1, 0.15) is 0 Å². The van der Waals surface area contributed by atoms with Crippen molar-refractivity contribution < 1.29 is 0 Å². The fourth-order valence-electron chi connectivity index (χ4n) is 3.36. The summed E-state index contributed by atoms with van der Waals surface area (Å²) in [4.78, 5) is 0. The summed E-state index contributed by atoms with van der Waals surface area (Å²) in [6, 6.07) is 5.76. The predicted octanol–water partition coefficient (Wildman–Crippen LogP) is 3.01. The largest absolute Gasteiger partial charge is 0.314 e. The molecule has 2 heteroatoms. The minimum atomic E-state index is 0.473. The van der Waals surface area contributed by atoms with Crippen molar-refractivity contribution in [1.29, 1.82) is 0 Å². The number of rotatable bonds is 4. The van der Waals surface area contributed by atoms with E-state index in [1.165, 1.54) is 48.1 Å². The fourth-order valence-corrected chi connectivity index (χ4v) is 3.36. The molecule has 0 radical (unpaired) electrons. The highest BCUT2D eigenvalue weighted by Gasteiger charge is 2.22. The molecule has 2 nitrogen and oxygen atoms in total. The van der Waals surface area contributed by atoms with Gasteiger partial charge in [0.25, 0.3) is 0 Å². The summed E-state index contributed by atoms with van der Waals surface area (Å²) >= 11 is 0. The molecule has 2 unspecified atom stereocenters. The van der Waals surface area contributed by atoms with Crippen LogP contribution in [0.3, 0.4) is 0 Å². The van der Waals surface area contributed by atoms with Crippen molar-refractivity contribution in [3.63, 3.8) is 0 Å². The lowest BCUT2D eigenvalue weighted by Crippen LogP contribution is -2.29. The lowest BCUT2D eigenvalue weighted by atomic mass is 9.90. The summed E-state index contributed by atoms with van der Waals surface area (Å²) in [5, 5.41) is 7.11. The summed E-state index contributed by atoms with van der Waals surface area (Å²) in [5.41, 5.74) is 5.70. The van der Waals surface area contributed by atoms with Crippen LogP contribution in [0.15, 0.2) is 12.1 Å². The topological polar surface area (TPSA) is 24.1 Å². The first-order chi connectivity index (χ1) is 8.61. The average Bonchev–Trinajstić information content (AvgIpc) is 2.79. The van der Waals surface area contributed by atoms with Crippen molar-refractivity contribution in [1.82, 2.24) is 10.6 Å². The Morgan fingerprint density at radius 3 is 2.44 bits per heavy atom. The first-order valence-corrected chi connectivity index (χ1v) is 7.10. The first kappa shape index (κ1) is 13.6. The second-order valence-corrected chi connectivity index (χ2v) is 5.68. The summed E-state index contributed by atoms with van der Waals surface area (Å²) in [6.45, 7) is 7.84. The van der Waals surface area contributed by atoms with Gasteiger partial charge in [-0.1, -0.05) is 17.7 Å². The molecule has 100 valence electrons. The van der Waals surface area contributed by atoms with Gasteiger partial charge in [-0.2, -0.15) is 0 Å². The molecule has 0 saturated carbocycles. The van der Waals surface area contributed by atoms with Crippen LogP contribution in [0.2, 0.25) is 0 Å². The van der Waals surface area contributed by atoms with Crippen LogP contribution in [0.1, 0.15) is 47.6 Å². The van der Waals surface area contributed by atoms with Crippen LogP contribution < -0.4 is 10.6 Å². The lowest BCUT2D eigenvalue weighted by Gasteiger charge is -2.24. The van der Waals surface area contributed by atoms with Gasteiger partial charge in [0.15, 0.2) is 0 Å². The van der Waals surface area contributed by atoms with Gasteiger partial charge in [-0.05, 0) is 70.3 Å². The van der Waals surface area contributed by atoms with E-state index in [2.05, 4.69) is 50.6 Å². The minimum absolute atomic E-state index is 0.473. The van der Waals surface area contributed by atoms with Crippen LogP contribution in [0.25, 0.3) is 0 Å². The van der Waals surface area contributed by atoms with E-state index in [0.29, 0.717) is 12.1 Å². The monoisotopic (exact) mass is 246 g/mol. The molecule has 1 aliphatic rings. The number of nitrogens with one attached hydrogen (secondary N) is 2. The van der Waals surface area contributed by atoms with Gasteiger partial charge in [0.2, 0.25) is 0 Å². The third-order valence-electron chi connectivity index (χ3n) is 4.12. The van der Waals surface area contributed by atoms with Crippen molar-refractivity contribution in [3.05, 3.63) is 34.4 Å².